The van der Waals surface area contributed by atoms with Gasteiger partial charge in [-0.05, 0) is 86.3 Å². The molecule has 0 N–H and O–H groups in total. The molecule has 0 saturated carbocycles. The first-order valence-electron chi connectivity index (χ1n) is 17.8. The Morgan fingerprint density at radius 1 is 0.865 bits per heavy atom. The zero-order valence-electron chi connectivity index (χ0n) is 29.9. The van der Waals surface area contributed by atoms with Crippen LogP contribution in [-0.4, -0.2) is 46.8 Å². The van der Waals surface area contributed by atoms with E-state index in [-0.39, 0.29) is 34.1 Å². The molecule has 2 aromatic heterocycles. The summed E-state index contributed by atoms with van der Waals surface area (Å²) in [4.78, 5) is 37.8. The molecule has 0 atom stereocenters. The Bertz CT molecular complexity index is 1730. The Morgan fingerprint density at radius 2 is 1.62 bits per heavy atom. The van der Waals surface area contributed by atoms with E-state index in [1.54, 1.807) is 30.3 Å². The van der Waals surface area contributed by atoms with Crippen LogP contribution in [0.3, 0.4) is 0 Å². The average Bonchev–Trinajstić information content (AvgIpc) is 3.51. The van der Waals surface area contributed by atoms with Crippen LogP contribution in [0.15, 0.2) is 67.0 Å². The second-order valence-electron chi connectivity index (χ2n) is 12.5. The Hall–Kier alpha value is -4.36. The van der Waals surface area contributed by atoms with Gasteiger partial charge in [-0.3, -0.25) is 9.88 Å². The molecule has 1 amide bonds. The van der Waals surface area contributed by atoms with Gasteiger partial charge in [-0.25, -0.2) is 19.5 Å². The number of aromatic nitrogens is 2. The molecule has 0 aliphatic rings. The standard InChI is InChI=1S/C39H46F4N4O4S/c1-4-7-8-9-10-11-15-29-18-19-32(24-33(29)39(41,42)43)47(37-45-34(35(40)52-37)31-17-13-20-44-25-31)38(49)51-27-50-36(48)30-16-12-14-28(23-30)26-46(21-5-2)22-6-3/h12-14,16-20,23-25H,4-11,15,21-22,26-27H2,1-3H3. The minimum atomic E-state index is -4.73. The molecule has 0 aliphatic carbocycles. The number of carbonyl (C=O) groups is 2. The number of benzene rings is 2. The molecular weight excluding hydrogens is 697 g/mol. The number of halogens is 4. The predicted molar refractivity (Wildman–Crippen MR) is 195 cm³/mol. The molecule has 2 aromatic carbocycles. The highest BCUT2D eigenvalue weighted by molar-refractivity contribution is 7.14. The number of carbonyl (C=O) groups excluding carboxylic acids is 2. The third kappa shape index (κ3) is 11.6. The first-order valence-corrected chi connectivity index (χ1v) is 18.6. The molecule has 0 radical (unpaired) electrons. The van der Waals surface area contributed by atoms with Crippen LogP contribution in [0.4, 0.5) is 33.2 Å². The van der Waals surface area contributed by atoms with Crippen LogP contribution in [0.2, 0.25) is 0 Å². The fraction of sp³-hybridized carbons (Fsp3) is 0.436. The third-order valence-electron chi connectivity index (χ3n) is 8.36. The predicted octanol–water partition coefficient (Wildman–Crippen LogP) is 11.0. The van der Waals surface area contributed by atoms with E-state index < -0.39 is 35.7 Å². The quantitative estimate of drug-likeness (QED) is 0.0409. The zero-order valence-corrected chi connectivity index (χ0v) is 30.7. The van der Waals surface area contributed by atoms with Crippen molar-refractivity contribution in [1.82, 2.24) is 14.9 Å². The number of hydrogen-bond donors (Lipinski definition) is 0. The van der Waals surface area contributed by atoms with Gasteiger partial charge >= 0.3 is 18.2 Å². The third-order valence-corrected chi connectivity index (χ3v) is 9.19. The van der Waals surface area contributed by atoms with E-state index in [9.17, 15) is 22.8 Å². The molecule has 0 bridgehead atoms. The van der Waals surface area contributed by atoms with E-state index in [0.29, 0.717) is 29.9 Å². The van der Waals surface area contributed by atoms with Gasteiger partial charge in [-0.1, -0.05) is 82.4 Å². The number of alkyl halides is 3. The lowest BCUT2D eigenvalue weighted by molar-refractivity contribution is -0.138. The van der Waals surface area contributed by atoms with Crippen LogP contribution in [-0.2, 0) is 28.6 Å². The Kier molecular flexibility index (Phi) is 15.6. The molecule has 0 unspecified atom stereocenters. The van der Waals surface area contributed by atoms with Gasteiger partial charge in [-0.2, -0.15) is 17.6 Å². The number of unbranched alkanes of at least 4 members (excludes halogenated alkanes) is 5. The number of amides is 1. The molecule has 4 aromatic rings. The first kappa shape index (κ1) is 40.4. The van der Waals surface area contributed by atoms with Crippen LogP contribution in [0, 0.1) is 5.13 Å². The minimum absolute atomic E-state index is 0.0881. The van der Waals surface area contributed by atoms with Crippen molar-refractivity contribution in [2.75, 3.05) is 24.8 Å². The number of anilines is 2. The summed E-state index contributed by atoms with van der Waals surface area (Å²) in [5.74, 6) is -0.753. The summed E-state index contributed by atoms with van der Waals surface area (Å²) < 4.78 is 69.0. The van der Waals surface area contributed by atoms with Crippen LogP contribution in [0.5, 0.6) is 0 Å². The van der Waals surface area contributed by atoms with Crippen LogP contribution >= 0.6 is 11.3 Å². The van der Waals surface area contributed by atoms with Gasteiger partial charge in [0.2, 0.25) is 17.1 Å². The van der Waals surface area contributed by atoms with E-state index in [1.807, 2.05) is 6.07 Å². The van der Waals surface area contributed by atoms with Crippen molar-refractivity contribution in [3.63, 3.8) is 0 Å². The second-order valence-corrected chi connectivity index (χ2v) is 13.4. The van der Waals surface area contributed by atoms with Gasteiger partial charge < -0.3 is 9.47 Å². The van der Waals surface area contributed by atoms with E-state index in [2.05, 4.69) is 35.6 Å². The number of esters is 1. The summed E-state index contributed by atoms with van der Waals surface area (Å²) in [6, 6.07) is 13.6. The van der Waals surface area contributed by atoms with Crippen LogP contribution in [0.1, 0.15) is 99.2 Å². The van der Waals surface area contributed by atoms with Crippen molar-refractivity contribution in [2.45, 2.75) is 91.3 Å². The highest BCUT2D eigenvalue weighted by atomic mass is 32.1. The van der Waals surface area contributed by atoms with Crippen molar-refractivity contribution in [3.05, 3.63) is 94.4 Å². The second kappa shape index (κ2) is 20.0. The van der Waals surface area contributed by atoms with Gasteiger partial charge in [0.25, 0.3) is 0 Å². The highest BCUT2D eigenvalue weighted by Crippen LogP contribution is 2.40. The molecule has 0 aliphatic heterocycles. The maximum absolute atomic E-state index is 15.3. The molecule has 280 valence electrons. The summed E-state index contributed by atoms with van der Waals surface area (Å²) in [5, 5.41) is -1.06. The van der Waals surface area contributed by atoms with Crippen LogP contribution < -0.4 is 4.90 Å². The molecule has 8 nitrogen and oxygen atoms in total. The Morgan fingerprint density at radius 3 is 2.31 bits per heavy atom. The molecule has 13 heteroatoms. The average molecular weight is 743 g/mol. The summed E-state index contributed by atoms with van der Waals surface area (Å²) in [6.07, 6.45) is 4.61. The van der Waals surface area contributed by atoms with Crippen molar-refractivity contribution < 1.29 is 36.6 Å². The normalized spacial score (nSPS) is 11.5. The van der Waals surface area contributed by atoms with E-state index in [0.717, 1.165) is 74.6 Å². The minimum Gasteiger partial charge on any atom is -0.424 e. The number of pyridine rings is 1. The summed E-state index contributed by atoms with van der Waals surface area (Å²) in [7, 11) is 0. The SMILES string of the molecule is CCCCCCCCc1ccc(N(C(=O)OCOC(=O)c2cccc(CN(CCC)CCC)c2)c2nc(-c3cccnc3)c(F)s2)cc1C(F)(F)F. The largest absolute Gasteiger partial charge is 0.424 e. The zero-order chi connectivity index (χ0) is 37.5. The lowest BCUT2D eigenvalue weighted by Gasteiger charge is -2.22. The number of aryl methyl sites for hydroxylation is 1. The molecule has 0 saturated heterocycles. The van der Waals surface area contributed by atoms with E-state index in [1.165, 1.54) is 24.5 Å². The van der Waals surface area contributed by atoms with Crippen molar-refractivity contribution >= 4 is 34.2 Å². The van der Waals surface area contributed by atoms with Gasteiger partial charge in [0.05, 0.1) is 16.8 Å². The van der Waals surface area contributed by atoms with E-state index in [4.69, 9.17) is 9.47 Å². The molecule has 2 heterocycles. The van der Waals surface area contributed by atoms with Gasteiger partial charge in [0.1, 0.15) is 5.69 Å². The molecule has 4 rings (SSSR count). The summed E-state index contributed by atoms with van der Waals surface area (Å²) in [6.45, 7) is 7.92. The van der Waals surface area contributed by atoms with Crippen molar-refractivity contribution in [1.29, 1.82) is 0 Å². The Balaban J connectivity index is 1.56. The number of nitrogens with zero attached hydrogens (tertiary/aromatic N) is 4. The fourth-order valence-corrected chi connectivity index (χ4v) is 6.71. The van der Waals surface area contributed by atoms with Crippen molar-refractivity contribution in [2.24, 2.45) is 0 Å². The molecule has 0 fully saturated rings. The highest BCUT2D eigenvalue weighted by Gasteiger charge is 2.35. The summed E-state index contributed by atoms with van der Waals surface area (Å²) in [5.41, 5.74) is 0.272. The number of rotatable bonds is 19. The maximum Gasteiger partial charge on any atom is 0.423 e. The van der Waals surface area contributed by atoms with E-state index >= 15 is 4.39 Å². The van der Waals surface area contributed by atoms with Crippen LogP contribution in [0.25, 0.3) is 11.3 Å². The first-order chi connectivity index (χ1) is 25.0. The van der Waals surface area contributed by atoms with Crippen molar-refractivity contribution in [3.8, 4) is 11.3 Å². The topological polar surface area (TPSA) is 84.9 Å². The lowest BCUT2D eigenvalue weighted by Crippen LogP contribution is -2.28. The number of hydrogen-bond acceptors (Lipinski definition) is 8. The Labute approximate surface area is 306 Å². The monoisotopic (exact) mass is 742 g/mol. The van der Waals surface area contributed by atoms with Gasteiger partial charge in [0, 0.05) is 24.5 Å². The number of ether oxygens (including phenoxy) is 2. The maximum atomic E-state index is 15.3. The fourth-order valence-electron chi connectivity index (χ4n) is 5.88. The number of thiazole rings is 1. The lowest BCUT2D eigenvalue weighted by atomic mass is 9.99. The molecular formula is C39H46F4N4O4S. The smallest absolute Gasteiger partial charge is 0.423 e. The molecule has 52 heavy (non-hydrogen) atoms. The summed E-state index contributed by atoms with van der Waals surface area (Å²) >= 11 is 0.458. The van der Waals surface area contributed by atoms with Gasteiger partial charge in [0.15, 0.2) is 0 Å². The van der Waals surface area contributed by atoms with Gasteiger partial charge in [-0.15, -0.1) is 0 Å². The molecule has 0 spiro atoms.